The molecule has 3 aromatic rings. The van der Waals surface area contributed by atoms with E-state index in [0.717, 1.165) is 0 Å². The van der Waals surface area contributed by atoms with Crippen molar-refractivity contribution < 1.29 is 18.7 Å². The van der Waals surface area contributed by atoms with Crippen LogP contribution in [0.3, 0.4) is 0 Å². The van der Waals surface area contributed by atoms with E-state index < -0.39 is 11.7 Å². The molecule has 13 heteroatoms. The van der Waals surface area contributed by atoms with Crippen LogP contribution in [0.2, 0.25) is 0 Å². The van der Waals surface area contributed by atoms with Crippen molar-refractivity contribution in [3.05, 3.63) is 81.0 Å². The molecule has 1 aliphatic carbocycles. The van der Waals surface area contributed by atoms with E-state index in [2.05, 4.69) is 37.5 Å². The Morgan fingerprint density at radius 2 is 2.12 bits per heavy atom. The number of halogens is 2. The van der Waals surface area contributed by atoms with Gasteiger partial charge in [0.25, 0.3) is 0 Å². The van der Waals surface area contributed by atoms with Gasteiger partial charge in [0.1, 0.15) is 17.4 Å². The maximum Gasteiger partial charge on any atom is 0.234 e. The number of aromatic nitrogens is 2. The van der Waals surface area contributed by atoms with Gasteiger partial charge in [-0.3, -0.25) is 14.5 Å². The van der Waals surface area contributed by atoms with Gasteiger partial charge in [-0.1, -0.05) is 41.3 Å². The van der Waals surface area contributed by atoms with Crippen molar-refractivity contribution in [3.63, 3.8) is 0 Å². The first-order chi connectivity index (χ1) is 19.3. The highest BCUT2D eigenvalue weighted by molar-refractivity contribution is 9.10. The zero-order valence-electron chi connectivity index (χ0n) is 21.1. The van der Waals surface area contributed by atoms with E-state index in [1.54, 1.807) is 35.2 Å². The van der Waals surface area contributed by atoms with Gasteiger partial charge in [0.15, 0.2) is 10.1 Å². The van der Waals surface area contributed by atoms with Crippen LogP contribution in [0.4, 0.5) is 15.2 Å². The number of ether oxygens (including phenoxy) is 1. The van der Waals surface area contributed by atoms with E-state index >= 15 is 0 Å². The number of allylic oxidation sites excluding steroid dienone is 3. The molecular weight excluding hydrogens is 619 g/mol. The van der Waals surface area contributed by atoms with Crippen LogP contribution in [0.5, 0.6) is 5.75 Å². The predicted octanol–water partition coefficient (Wildman–Crippen LogP) is 5.48. The van der Waals surface area contributed by atoms with E-state index in [1.165, 1.54) is 36.3 Å². The summed E-state index contributed by atoms with van der Waals surface area (Å²) < 4.78 is 20.0. The van der Waals surface area contributed by atoms with Crippen LogP contribution < -0.4 is 20.7 Å². The van der Waals surface area contributed by atoms with Gasteiger partial charge < -0.3 is 15.8 Å². The number of carbonyl (C=O) groups is 2. The molecule has 0 spiro atoms. The van der Waals surface area contributed by atoms with Crippen molar-refractivity contribution in [2.75, 3.05) is 23.1 Å². The van der Waals surface area contributed by atoms with Gasteiger partial charge in [-0.15, -0.1) is 10.2 Å². The molecule has 1 amide bonds. The Labute approximate surface area is 246 Å². The largest absolute Gasteiger partial charge is 0.495 e. The molecule has 2 aromatic carbocycles. The van der Waals surface area contributed by atoms with Gasteiger partial charge >= 0.3 is 0 Å². The van der Waals surface area contributed by atoms with Crippen LogP contribution in [0, 0.1) is 17.1 Å². The Morgan fingerprint density at radius 1 is 1.32 bits per heavy atom. The number of amides is 1. The maximum atomic E-state index is 14.0. The second kappa shape index (κ2) is 11.8. The molecule has 0 bridgehead atoms. The third-order valence-corrected chi connectivity index (χ3v) is 9.13. The Kier molecular flexibility index (Phi) is 8.20. The summed E-state index contributed by atoms with van der Waals surface area (Å²) in [5, 5.41) is 21.8. The molecule has 0 saturated carbocycles. The number of carbonyl (C=O) groups excluding carboxylic acids is 2. The summed E-state index contributed by atoms with van der Waals surface area (Å²) >= 11 is 5.61. The van der Waals surface area contributed by atoms with Crippen molar-refractivity contribution in [1.82, 2.24) is 10.2 Å². The third kappa shape index (κ3) is 5.34. The molecule has 2 heterocycles. The minimum Gasteiger partial charge on any atom is -0.495 e. The van der Waals surface area contributed by atoms with E-state index in [1.807, 2.05) is 6.07 Å². The minimum atomic E-state index is -0.721. The predicted molar refractivity (Wildman–Crippen MR) is 154 cm³/mol. The van der Waals surface area contributed by atoms with E-state index in [-0.39, 0.29) is 33.3 Å². The molecule has 40 heavy (non-hydrogen) atoms. The Balaban J connectivity index is 1.42. The van der Waals surface area contributed by atoms with Crippen LogP contribution in [0.25, 0.3) is 0 Å². The van der Waals surface area contributed by atoms with E-state index in [4.69, 9.17) is 10.5 Å². The number of Topliss-reactive ketones (excluding diaryl/α,β-unsaturated/α-hetero) is 1. The van der Waals surface area contributed by atoms with Crippen molar-refractivity contribution in [2.24, 2.45) is 5.73 Å². The van der Waals surface area contributed by atoms with E-state index in [0.29, 0.717) is 57.0 Å². The summed E-state index contributed by atoms with van der Waals surface area (Å²) in [5.41, 5.74) is 9.00. The summed E-state index contributed by atoms with van der Waals surface area (Å²) in [5.74, 6) is -0.733. The summed E-state index contributed by atoms with van der Waals surface area (Å²) in [7, 11) is 1.53. The van der Waals surface area contributed by atoms with Crippen LogP contribution >= 0.6 is 39.0 Å². The monoisotopic (exact) mass is 640 g/mol. The van der Waals surface area contributed by atoms with Crippen molar-refractivity contribution in [2.45, 2.75) is 29.5 Å². The number of rotatable bonds is 7. The minimum absolute atomic E-state index is 0.0788. The fourth-order valence-corrected chi connectivity index (χ4v) is 6.82. The lowest BCUT2D eigenvalue weighted by Gasteiger charge is -2.38. The van der Waals surface area contributed by atoms with Crippen molar-refractivity contribution >= 4 is 61.5 Å². The van der Waals surface area contributed by atoms with Crippen LogP contribution in [-0.4, -0.2) is 34.8 Å². The molecule has 3 N–H and O–H groups in total. The quantitative estimate of drug-likeness (QED) is 0.322. The Hall–Kier alpha value is -3.73. The smallest absolute Gasteiger partial charge is 0.234 e. The molecule has 0 fully saturated rings. The molecule has 204 valence electrons. The lowest BCUT2D eigenvalue weighted by atomic mass is 9.76. The van der Waals surface area contributed by atoms with Gasteiger partial charge in [0.05, 0.1) is 40.6 Å². The molecule has 2 aliphatic rings. The standard InChI is InChI=1S/C27H22BrFN6O3S2/c1-38-21-8-3-2-5-18(21)32-22(37)13-39-27-34-33-26(40-27)35-19-6-4-7-20(36)24(19)23(15(12-30)25(35)31)14-9-10-17(29)16(28)11-14/h2-3,5,8-11,23H,4,6-7,13,31H2,1H3,(H,32,37). The highest BCUT2D eigenvalue weighted by atomic mass is 79.9. The molecule has 9 nitrogen and oxygen atoms in total. The highest BCUT2D eigenvalue weighted by Gasteiger charge is 2.41. The third-order valence-electron chi connectivity index (χ3n) is 6.49. The van der Waals surface area contributed by atoms with Crippen LogP contribution in [0.1, 0.15) is 30.7 Å². The average molecular weight is 642 g/mol. The normalized spacial score (nSPS) is 17.0. The lowest BCUT2D eigenvalue weighted by Crippen LogP contribution is -2.38. The van der Waals surface area contributed by atoms with Crippen LogP contribution in [-0.2, 0) is 9.59 Å². The van der Waals surface area contributed by atoms with Gasteiger partial charge in [-0.2, -0.15) is 5.26 Å². The number of anilines is 2. The fraction of sp³-hybridized carbons (Fsp3) is 0.222. The van der Waals surface area contributed by atoms with Gasteiger partial charge in [0, 0.05) is 17.7 Å². The summed E-state index contributed by atoms with van der Waals surface area (Å²) in [4.78, 5) is 27.4. The zero-order valence-corrected chi connectivity index (χ0v) is 24.3. The molecule has 0 radical (unpaired) electrons. The van der Waals surface area contributed by atoms with Crippen molar-refractivity contribution in [1.29, 1.82) is 5.26 Å². The zero-order chi connectivity index (χ0) is 28.4. The first kappa shape index (κ1) is 27.8. The molecule has 1 unspecified atom stereocenters. The number of hydrogen-bond acceptors (Lipinski definition) is 10. The number of ketones is 1. The number of hydrogen-bond donors (Lipinski definition) is 2. The molecule has 5 rings (SSSR count). The average Bonchev–Trinajstić information content (AvgIpc) is 3.41. The molecule has 1 aromatic heterocycles. The van der Waals surface area contributed by atoms with E-state index in [9.17, 15) is 19.2 Å². The number of benzene rings is 2. The second-order valence-electron chi connectivity index (χ2n) is 8.88. The fourth-order valence-electron chi connectivity index (χ4n) is 4.74. The van der Waals surface area contributed by atoms with Gasteiger partial charge in [0.2, 0.25) is 11.0 Å². The number of thioether (sulfide) groups is 1. The molecule has 0 saturated heterocycles. The maximum absolute atomic E-state index is 14.0. The first-order valence-electron chi connectivity index (χ1n) is 12.1. The topological polar surface area (TPSA) is 134 Å². The molecule has 1 atom stereocenters. The number of methoxy groups -OCH3 is 1. The Bertz CT molecular complexity index is 1620. The number of nitrogens with one attached hydrogen (secondary N) is 1. The molecule has 1 aliphatic heterocycles. The number of nitrogens with zero attached hydrogens (tertiary/aromatic N) is 4. The summed E-state index contributed by atoms with van der Waals surface area (Å²) in [6.07, 6.45) is 1.50. The van der Waals surface area contributed by atoms with Crippen LogP contribution in [0.15, 0.2) is 73.9 Å². The first-order valence-corrected chi connectivity index (χ1v) is 14.7. The summed E-state index contributed by atoms with van der Waals surface area (Å²) in [6, 6.07) is 13.7. The number of nitriles is 1. The van der Waals surface area contributed by atoms with Gasteiger partial charge in [-0.05, 0) is 58.6 Å². The highest BCUT2D eigenvalue weighted by Crippen LogP contribution is 2.47. The summed E-state index contributed by atoms with van der Waals surface area (Å²) in [6.45, 7) is 0. The number of para-hydroxylation sites is 2. The SMILES string of the molecule is COc1ccccc1NC(=O)CSc1nnc(N2C(N)=C(C#N)C(c3ccc(F)c(Br)c3)C3=C2CCCC3=O)s1. The van der Waals surface area contributed by atoms with Gasteiger partial charge in [-0.25, -0.2) is 4.39 Å². The van der Waals surface area contributed by atoms with Crippen molar-refractivity contribution in [3.8, 4) is 11.8 Å². The number of nitrogens with two attached hydrogens (primary N) is 1. The lowest BCUT2D eigenvalue weighted by molar-refractivity contribution is -0.116. The molecular formula is C27H22BrFN6O3S2. The second-order valence-corrected chi connectivity index (χ2v) is 11.9. The Morgan fingerprint density at radius 3 is 2.88 bits per heavy atom.